The summed E-state index contributed by atoms with van der Waals surface area (Å²) in [5.74, 6) is 0.187. The maximum atomic E-state index is 13.6. The van der Waals surface area contributed by atoms with Crippen LogP contribution < -0.4 is 10.1 Å². The number of aliphatic hydroxyl groups is 1. The van der Waals surface area contributed by atoms with Crippen molar-refractivity contribution in [1.29, 1.82) is 0 Å². The van der Waals surface area contributed by atoms with Gasteiger partial charge >= 0.3 is 5.97 Å². The Balaban J connectivity index is 1.19. The molecule has 1 unspecified atom stereocenters. The summed E-state index contributed by atoms with van der Waals surface area (Å²) in [6.07, 6.45) is 2.55. The molecule has 43 heavy (non-hydrogen) atoms. The summed E-state index contributed by atoms with van der Waals surface area (Å²) in [6, 6.07) is 34.1. The molecule has 0 saturated carbocycles. The molecule has 5 rings (SSSR count). The largest absolute Gasteiger partial charge is 0.489 e. The molecule has 7 heteroatoms. The second kappa shape index (κ2) is 14.6. The third-order valence-corrected chi connectivity index (χ3v) is 7.98. The number of amides is 1. The van der Waals surface area contributed by atoms with Crippen LogP contribution >= 0.6 is 0 Å². The van der Waals surface area contributed by atoms with E-state index in [1.807, 2.05) is 36.4 Å². The number of rotatable bonds is 13. The third-order valence-electron chi connectivity index (χ3n) is 7.98. The molecule has 0 aromatic heterocycles. The Hall–Kier alpha value is -4.46. The first kappa shape index (κ1) is 30.0. The highest BCUT2D eigenvalue weighted by molar-refractivity contribution is 5.85. The number of benzene rings is 4. The van der Waals surface area contributed by atoms with Crippen LogP contribution in [0.2, 0.25) is 0 Å². The lowest BCUT2D eigenvalue weighted by molar-refractivity contribution is -0.164. The summed E-state index contributed by atoms with van der Waals surface area (Å²) in [7, 11) is 0. The van der Waals surface area contributed by atoms with Gasteiger partial charge in [0.2, 0.25) is 12.0 Å². The first-order valence-electron chi connectivity index (χ1n) is 14.7. The van der Waals surface area contributed by atoms with Crippen LogP contribution in [0.25, 0.3) is 0 Å². The van der Waals surface area contributed by atoms with Crippen molar-refractivity contribution in [2.75, 3.05) is 19.7 Å². The molecule has 1 aliphatic rings. The summed E-state index contributed by atoms with van der Waals surface area (Å²) < 4.78 is 11.8. The summed E-state index contributed by atoms with van der Waals surface area (Å²) in [5.41, 5.74) is 2.21. The zero-order valence-corrected chi connectivity index (χ0v) is 24.2. The monoisotopic (exact) mass is 578 g/mol. The van der Waals surface area contributed by atoms with Gasteiger partial charge in [0.05, 0.1) is 6.61 Å². The van der Waals surface area contributed by atoms with Gasteiger partial charge < -0.3 is 19.9 Å². The summed E-state index contributed by atoms with van der Waals surface area (Å²) in [5, 5.41) is 14.5. The maximum Gasteiger partial charge on any atom is 0.347 e. The van der Waals surface area contributed by atoms with E-state index in [0.717, 1.165) is 43.6 Å². The van der Waals surface area contributed by atoms with Gasteiger partial charge in [-0.05, 0) is 71.8 Å². The first-order chi connectivity index (χ1) is 21.0. The van der Waals surface area contributed by atoms with E-state index in [2.05, 4.69) is 34.5 Å². The first-order valence-corrected chi connectivity index (χ1v) is 14.7. The van der Waals surface area contributed by atoms with Crippen LogP contribution in [-0.2, 0) is 39.6 Å². The molecule has 4 aromatic carbocycles. The number of carbonyl (C=O) groups excluding carboxylic acids is 2. The van der Waals surface area contributed by atoms with Gasteiger partial charge in [0.1, 0.15) is 12.4 Å². The molecule has 0 radical (unpaired) electrons. The lowest BCUT2D eigenvalue weighted by Crippen LogP contribution is -2.40. The zero-order chi connectivity index (χ0) is 29.9. The lowest BCUT2D eigenvalue weighted by atomic mass is 9.86. The summed E-state index contributed by atoms with van der Waals surface area (Å²) in [4.78, 5) is 26.5. The molecule has 1 aliphatic heterocycles. The number of hydrogen-bond acceptors (Lipinski definition) is 6. The van der Waals surface area contributed by atoms with Gasteiger partial charge in [-0.1, -0.05) is 97.1 Å². The smallest absolute Gasteiger partial charge is 0.347 e. The van der Waals surface area contributed by atoms with Gasteiger partial charge in [0, 0.05) is 13.1 Å². The van der Waals surface area contributed by atoms with E-state index >= 15 is 0 Å². The summed E-state index contributed by atoms with van der Waals surface area (Å²) in [6.45, 7) is 3.93. The number of carbonyl (C=O) groups is 2. The third kappa shape index (κ3) is 7.89. The summed E-state index contributed by atoms with van der Waals surface area (Å²) >= 11 is 0. The standard InChI is InChI=1S/C36H38N2O5/c39-27-37-23-28-11-13-30(14-12-28)25-42-34-17-15-33(16-18-34)36(41,32-9-5-2-6-10-32)35(40)43-26-31-19-21-38(22-20-31)24-29-7-3-1-4-8-29/h1-18,27,31,41H,19-26H2,(H,37,39). The Bertz CT molecular complexity index is 1440. The molecule has 0 spiro atoms. The molecule has 2 N–H and O–H groups in total. The number of esters is 1. The molecule has 1 saturated heterocycles. The second-order valence-corrected chi connectivity index (χ2v) is 11.0. The van der Waals surface area contributed by atoms with E-state index in [4.69, 9.17) is 9.47 Å². The fourth-order valence-corrected chi connectivity index (χ4v) is 5.40. The number of ether oxygens (including phenoxy) is 2. The van der Waals surface area contributed by atoms with Crippen LogP contribution in [0.1, 0.15) is 40.7 Å². The van der Waals surface area contributed by atoms with Crippen LogP contribution in [-0.4, -0.2) is 42.1 Å². The van der Waals surface area contributed by atoms with Crippen molar-refractivity contribution < 1.29 is 24.2 Å². The molecule has 1 heterocycles. The van der Waals surface area contributed by atoms with Crippen molar-refractivity contribution in [3.05, 3.63) is 137 Å². The fourth-order valence-electron chi connectivity index (χ4n) is 5.40. The van der Waals surface area contributed by atoms with Crippen LogP contribution in [0.5, 0.6) is 5.75 Å². The highest BCUT2D eigenvalue weighted by atomic mass is 16.5. The number of nitrogens with one attached hydrogen (secondary N) is 1. The second-order valence-electron chi connectivity index (χ2n) is 11.0. The molecule has 1 amide bonds. The average Bonchev–Trinajstić information content (AvgIpc) is 3.07. The number of likely N-dealkylation sites (tertiary alicyclic amines) is 1. The van der Waals surface area contributed by atoms with E-state index in [9.17, 15) is 14.7 Å². The number of hydrogen-bond donors (Lipinski definition) is 2. The zero-order valence-electron chi connectivity index (χ0n) is 24.2. The van der Waals surface area contributed by atoms with Crippen molar-refractivity contribution in [2.24, 2.45) is 5.92 Å². The maximum absolute atomic E-state index is 13.6. The number of nitrogens with zero attached hydrogens (tertiary/aromatic N) is 1. The van der Waals surface area contributed by atoms with Crippen molar-refractivity contribution in [3.8, 4) is 5.75 Å². The Morgan fingerprint density at radius 3 is 2.07 bits per heavy atom. The Kier molecular flexibility index (Phi) is 10.2. The molecule has 4 aromatic rings. The van der Waals surface area contributed by atoms with E-state index in [1.54, 1.807) is 48.5 Å². The molecule has 0 bridgehead atoms. The van der Waals surface area contributed by atoms with Gasteiger partial charge in [-0.25, -0.2) is 4.79 Å². The Labute approximate surface area is 253 Å². The predicted octanol–water partition coefficient (Wildman–Crippen LogP) is 5.20. The van der Waals surface area contributed by atoms with Crippen LogP contribution in [0.4, 0.5) is 0 Å². The van der Waals surface area contributed by atoms with Crippen molar-refractivity contribution in [3.63, 3.8) is 0 Å². The Morgan fingerprint density at radius 1 is 0.814 bits per heavy atom. The van der Waals surface area contributed by atoms with Crippen molar-refractivity contribution in [1.82, 2.24) is 10.2 Å². The van der Waals surface area contributed by atoms with Gasteiger partial charge in [-0.15, -0.1) is 0 Å². The van der Waals surface area contributed by atoms with E-state index in [-0.39, 0.29) is 12.5 Å². The van der Waals surface area contributed by atoms with Gasteiger partial charge in [-0.3, -0.25) is 9.69 Å². The number of piperidine rings is 1. The molecule has 222 valence electrons. The Morgan fingerprint density at radius 2 is 1.42 bits per heavy atom. The topological polar surface area (TPSA) is 88.1 Å². The van der Waals surface area contributed by atoms with Gasteiger partial charge in [0.25, 0.3) is 0 Å². The van der Waals surface area contributed by atoms with Crippen LogP contribution in [0.15, 0.2) is 109 Å². The fraction of sp³-hybridized carbons (Fsp3) is 0.278. The molecule has 1 atom stereocenters. The molecular weight excluding hydrogens is 540 g/mol. The highest BCUT2D eigenvalue weighted by Gasteiger charge is 2.42. The van der Waals surface area contributed by atoms with Gasteiger partial charge in [0.15, 0.2) is 0 Å². The minimum atomic E-state index is -1.95. The lowest BCUT2D eigenvalue weighted by Gasteiger charge is -2.33. The van der Waals surface area contributed by atoms with Gasteiger partial charge in [-0.2, -0.15) is 0 Å². The molecule has 1 fully saturated rings. The predicted molar refractivity (Wildman–Crippen MR) is 165 cm³/mol. The van der Waals surface area contributed by atoms with Crippen LogP contribution in [0, 0.1) is 5.92 Å². The van der Waals surface area contributed by atoms with Crippen molar-refractivity contribution in [2.45, 2.75) is 38.1 Å². The minimum absolute atomic E-state index is 0.252. The highest BCUT2D eigenvalue weighted by Crippen LogP contribution is 2.33. The average molecular weight is 579 g/mol. The quantitative estimate of drug-likeness (QED) is 0.168. The van der Waals surface area contributed by atoms with Crippen LogP contribution in [0.3, 0.4) is 0 Å². The molecule has 7 nitrogen and oxygen atoms in total. The minimum Gasteiger partial charge on any atom is -0.489 e. The molecule has 0 aliphatic carbocycles. The van der Waals surface area contributed by atoms with E-state index in [0.29, 0.717) is 36.4 Å². The van der Waals surface area contributed by atoms with E-state index in [1.165, 1.54) is 5.56 Å². The molecular formula is C36H38N2O5. The van der Waals surface area contributed by atoms with Crippen molar-refractivity contribution >= 4 is 12.4 Å². The normalized spacial score (nSPS) is 15.3. The SMILES string of the molecule is O=CNCc1ccc(COc2ccc(C(O)(C(=O)OCC3CCN(Cc4ccccc4)CC3)c3ccccc3)cc2)cc1. The van der Waals surface area contributed by atoms with E-state index < -0.39 is 11.6 Å².